The summed E-state index contributed by atoms with van der Waals surface area (Å²) in [5.74, 6) is 3.40. The van der Waals surface area contributed by atoms with Crippen molar-refractivity contribution in [3.05, 3.63) is 54.4 Å². The van der Waals surface area contributed by atoms with E-state index in [1.807, 2.05) is 48.2 Å². The zero-order chi connectivity index (χ0) is 24.5. The minimum Gasteiger partial charge on any atom is -0.493 e. The first-order valence-electron chi connectivity index (χ1n) is 11.9. The molecule has 1 N–H and O–H groups in total. The van der Waals surface area contributed by atoms with Crippen molar-refractivity contribution in [3.63, 3.8) is 0 Å². The maximum atomic E-state index is 12.7. The van der Waals surface area contributed by atoms with Crippen LogP contribution in [0.15, 0.2) is 57.9 Å². The number of nitrogens with one attached hydrogen (secondary N) is 1. The number of rotatable bonds is 11. The van der Waals surface area contributed by atoms with Crippen molar-refractivity contribution < 1.29 is 18.8 Å². The van der Waals surface area contributed by atoms with Crippen molar-refractivity contribution in [3.8, 4) is 22.9 Å². The second-order valence-corrected chi connectivity index (χ2v) is 9.63. The van der Waals surface area contributed by atoms with Gasteiger partial charge < -0.3 is 19.3 Å². The predicted octanol–water partition coefficient (Wildman–Crippen LogP) is 4.26. The van der Waals surface area contributed by atoms with Crippen molar-refractivity contribution in [1.82, 2.24) is 20.4 Å². The zero-order valence-corrected chi connectivity index (χ0v) is 21.1. The predicted molar refractivity (Wildman–Crippen MR) is 136 cm³/mol. The van der Waals surface area contributed by atoms with Crippen LogP contribution in [0.4, 0.5) is 0 Å². The lowest BCUT2D eigenvalue weighted by atomic mass is 9.97. The molecule has 35 heavy (non-hydrogen) atoms. The Kier molecular flexibility index (Phi) is 9.02. The van der Waals surface area contributed by atoms with Crippen molar-refractivity contribution >= 4 is 17.7 Å². The zero-order valence-electron chi connectivity index (χ0n) is 20.2. The maximum absolute atomic E-state index is 12.7. The van der Waals surface area contributed by atoms with Gasteiger partial charge in [-0.15, -0.1) is 11.8 Å². The lowest BCUT2D eigenvalue weighted by Gasteiger charge is -2.30. The van der Waals surface area contributed by atoms with E-state index in [-0.39, 0.29) is 11.8 Å². The van der Waals surface area contributed by atoms with Gasteiger partial charge in [0, 0.05) is 23.5 Å². The Morgan fingerprint density at radius 3 is 2.80 bits per heavy atom. The average Bonchev–Trinajstić information content (AvgIpc) is 3.37. The Labute approximate surface area is 210 Å². The van der Waals surface area contributed by atoms with Gasteiger partial charge in [0.05, 0.1) is 26.7 Å². The Balaban J connectivity index is 1.23. The van der Waals surface area contributed by atoms with Crippen LogP contribution in [-0.2, 0) is 11.3 Å². The van der Waals surface area contributed by atoms with Crippen LogP contribution in [0.3, 0.4) is 0 Å². The summed E-state index contributed by atoms with van der Waals surface area (Å²) in [6.45, 7) is 2.83. The fourth-order valence-electron chi connectivity index (χ4n) is 4.15. The highest BCUT2D eigenvalue weighted by molar-refractivity contribution is 7.99. The first-order valence-corrected chi connectivity index (χ1v) is 12.9. The van der Waals surface area contributed by atoms with E-state index < -0.39 is 0 Å². The summed E-state index contributed by atoms with van der Waals surface area (Å²) >= 11 is 1.82. The number of carbonyl (C=O) groups excluding carboxylic acids is 1. The SMILES string of the molecule is COc1ccc(-c2noc(CN3CCCC(C(=O)NCCCSc4ccccc4)C3)n2)cc1OC. The van der Waals surface area contributed by atoms with Gasteiger partial charge in [0.2, 0.25) is 17.6 Å². The number of ether oxygens (including phenoxy) is 2. The van der Waals surface area contributed by atoms with Crippen LogP contribution in [0.5, 0.6) is 11.5 Å². The molecule has 1 fully saturated rings. The molecule has 2 aromatic carbocycles. The van der Waals surface area contributed by atoms with Gasteiger partial charge in [-0.3, -0.25) is 9.69 Å². The number of nitrogens with zero attached hydrogens (tertiary/aromatic N) is 3. The number of aromatic nitrogens is 2. The molecule has 0 saturated carbocycles. The van der Waals surface area contributed by atoms with Crippen LogP contribution in [0.2, 0.25) is 0 Å². The second kappa shape index (κ2) is 12.6. The molecule has 4 rings (SSSR count). The molecule has 1 unspecified atom stereocenters. The summed E-state index contributed by atoms with van der Waals surface area (Å²) in [6, 6.07) is 15.9. The highest BCUT2D eigenvalue weighted by Crippen LogP contribution is 2.31. The van der Waals surface area contributed by atoms with Crippen LogP contribution in [0.1, 0.15) is 25.2 Å². The van der Waals surface area contributed by atoms with Gasteiger partial charge in [-0.25, -0.2) is 0 Å². The molecule has 1 amide bonds. The maximum Gasteiger partial charge on any atom is 0.241 e. The topological polar surface area (TPSA) is 89.7 Å². The van der Waals surface area contributed by atoms with E-state index in [9.17, 15) is 4.79 Å². The number of hydrogen-bond donors (Lipinski definition) is 1. The Morgan fingerprint density at radius 2 is 2.00 bits per heavy atom. The highest BCUT2D eigenvalue weighted by atomic mass is 32.2. The van der Waals surface area contributed by atoms with E-state index in [2.05, 4.69) is 32.5 Å². The largest absolute Gasteiger partial charge is 0.493 e. The molecular weight excluding hydrogens is 464 g/mol. The summed E-state index contributed by atoms with van der Waals surface area (Å²) < 4.78 is 16.1. The van der Waals surface area contributed by atoms with E-state index in [4.69, 9.17) is 14.0 Å². The number of thioether (sulfide) groups is 1. The molecule has 186 valence electrons. The van der Waals surface area contributed by atoms with Crippen LogP contribution < -0.4 is 14.8 Å². The fraction of sp³-hybridized carbons (Fsp3) is 0.423. The summed E-state index contributed by atoms with van der Waals surface area (Å²) in [6.07, 6.45) is 2.82. The summed E-state index contributed by atoms with van der Waals surface area (Å²) in [4.78, 5) is 20.7. The molecule has 3 aromatic rings. The van der Waals surface area contributed by atoms with Crippen molar-refractivity contribution in [2.45, 2.75) is 30.7 Å². The van der Waals surface area contributed by atoms with Crippen LogP contribution in [0, 0.1) is 5.92 Å². The Hall–Kier alpha value is -3.04. The molecule has 1 atom stereocenters. The number of carbonyl (C=O) groups is 1. The van der Waals surface area contributed by atoms with E-state index in [1.54, 1.807) is 14.2 Å². The molecular formula is C26H32N4O4S. The number of amides is 1. The molecule has 0 bridgehead atoms. The third kappa shape index (κ3) is 6.99. The number of hydrogen-bond acceptors (Lipinski definition) is 8. The number of methoxy groups -OCH3 is 2. The smallest absolute Gasteiger partial charge is 0.241 e. The third-order valence-electron chi connectivity index (χ3n) is 5.98. The molecule has 1 aliphatic rings. The molecule has 1 saturated heterocycles. The van der Waals surface area contributed by atoms with Crippen LogP contribution in [0.25, 0.3) is 11.4 Å². The van der Waals surface area contributed by atoms with E-state index in [0.717, 1.165) is 37.1 Å². The third-order valence-corrected chi connectivity index (χ3v) is 7.08. The lowest BCUT2D eigenvalue weighted by Crippen LogP contribution is -2.43. The van der Waals surface area contributed by atoms with Gasteiger partial charge in [0.15, 0.2) is 11.5 Å². The lowest BCUT2D eigenvalue weighted by molar-refractivity contribution is -0.126. The molecule has 0 radical (unpaired) electrons. The first-order chi connectivity index (χ1) is 17.2. The highest BCUT2D eigenvalue weighted by Gasteiger charge is 2.26. The van der Waals surface area contributed by atoms with E-state index in [0.29, 0.717) is 42.8 Å². The van der Waals surface area contributed by atoms with Crippen molar-refractivity contribution in [2.24, 2.45) is 5.92 Å². The Bertz CT molecular complexity index is 1090. The summed E-state index contributed by atoms with van der Waals surface area (Å²) in [5.41, 5.74) is 0.791. The fourth-order valence-corrected chi connectivity index (χ4v) is 5.02. The van der Waals surface area contributed by atoms with Gasteiger partial charge >= 0.3 is 0 Å². The van der Waals surface area contributed by atoms with Gasteiger partial charge in [0.25, 0.3) is 0 Å². The number of piperidine rings is 1. The molecule has 0 aliphatic carbocycles. The number of benzene rings is 2. The summed E-state index contributed by atoms with van der Waals surface area (Å²) in [5, 5.41) is 7.24. The monoisotopic (exact) mass is 496 g/mol. The van der Waals surface area contributed by atoms with Crippen molar-refractivity contribution in [1.29, 1.82) is 0 Å². The van der Waals surface area contributed by atoms with Gasteiger partial charge in [-0.2, -0.15) is 4.98 Å². The normalized spacial score (nSPS) is 16.1. The van der Waals surface area contributed by atoms with E-state index in [1.165, 1.54) is 4.90 Å². The van der Waals surface area contributed by atoms with Gasteiger partial charge in [0.1, 0.15) is 0 Å². The minimum atomic E-state index is -0.0150. The average molecular weight is 497 g/mol. The summed E-state index contributed by atoms with van der Waals surface area (Å²) in [7, 11) is 3.19. The van der Waals surface area contributed by atoms with Crippen LogP contribution >= 0.6 is 11.8 Å². The van der Waals surface area contributed by atoms with Crippen LogP contribution in [-0.4, -0.2) is 60.6 Å². The second-order valence-electron chi connectivity index (χ2n) is 8.46. The molecule has 8 nitrogen and oxygen atoms in total. The quantitative estimate of drug-likeness (QED) is 0.311. The molecule has 1 aliphatic heterocycles. The van der Waals surface area contributed by atoms with Gasteiger partial charge in [-0.05, 0) is 61.9 Å². The number of likely N-dealkylation sites (tertiary alicyclic amines) is 1. The molecule has 1 aromatic heterocycles. The molecule has 0 spiro atoms. The first kappa shape index (κ1) is 25.1. The minimum absolute atomic E-state index is 0.0150. The molecule has 9 heteroatoms. The van der Waals surface area contributed by atoms with Gasteiger partial charge in [-0.1, -0.05) is 23.4 Å². The van der Waals surface area contributed by atoms with Crippen molar-refractivity contribution in [2.75, 3.05) is 39.6 Å². The molecule has 2 heterocycles. The van der Waals surface area contributed by atoms with E-state index >= 15 is 0 Å². The Morgan fingerprint density at radius 1 is 1.17 bits per heavy atom. The standard InChI is InChI=1S/C26H32N4O4S/c1-32-22-12-11-19(16-23(22)33-2)25-28-24(34-29-25)18-30-14-6-8-20(17-30)26(31)27-13-7-15-35-21-9-4-3-5-10-21/h3-5,9-12,16,20H,6-8,13-15,17-18H2,1-2H3,(H,27,31).